The van der Waals surface area contributed by atoms with Gasteiger partial charge in [0.05, 0.1) is 17.8 Å². The quantitative estimate of drug-likeness (QED) is 0.149. The van der Waals surface area contributed by atoms with Crippen LogP contribution in [0, 0.1) is 12.7 Å². The summed E-state index contributed by atoms with van der Waals surface area (Å²) in [6.07, 6.45) is 2.11. The summed E-state index contributed by atoms with van der Waals surface area (Å²) in [6.45, 7) is 7.97. The predicted molar refractivity (Wildman–Crippen MR) is 174 cm³/mol. The second-order valence-corrected chi connectivity index (χ2v) is 11.9. The van der Waals surface area contributed by atoms with Crippen LogP contribution in [0.25, 0.3) is 5.65 Å². The third-order valence-electron chi connectivity index (χ3n) is 7.51. The van der Waals surface area contributed by atoms with Crippen molar-refractivity contribution in [2.75, 3.05) is 6.61 Å². The van der Waals surface area contributed by atoms with Gasteiger partial charge in [-0.2, -0.15) is 5.10 Å². The predicted octanol–water partition coefficient (Wildman–Crippen LogP) is 4.22. The van der Waals surface area contributed by atoms with Crippen molar-refractivity contribution < 1.29 is 38.6 Å². The number of hydroxylamine groups is 1. The van der Waals surface area contributed by atoms with Crippen molar-refractivity contribution in [2.45, 2.75) is 58.7 Å². The van der Waals surface area contributed by atoms with Crippen LogP contribution in [0.1, 0.15) is 86.8 Å². The summed E-state index contributed by atoms with van der Waals surface area (Å²) >= 11 is 0. The van der Waals surface area contributed by atoms with Crippen LogP contribution in [0.5, 0.6) is 5.75 Å². The lowest BCUT2D eigenvalue weighted by Crippen LogP contribution is -2.29. The Morgan fingerprint density at radius 2 is 1.94 bits per heavy atom. The topological polar surface area (TPSA) is 203 Å². The Morgan fingerprint density at radius 3 is 2.60 bits per heavy atom. The summed E-state index contributed by atoms with van der Waals surface area (Å²) in [5.41, 5.74) is 10.7. The molecule has 2 aromatic heterocycles. The van der Waals surface area contributed by atoms with Gasteiger partial charge in [-0.05, 0) is 81.0 Å². The molecule has 0 unspecified atom stereocenters. The number of carboxylic acid groups (broad SMARTS) is 1. The molecule has 1 atom stereocenters. The first kappa shape index (κ1) is 35.7. The van der Waals surface area contributed by atoms with E-state index in [1.807, 2.05) is 30.6 Å². The van der Waals surface area contributed by atoms with Crippen molar-refractivity contribution in [2.24, 2.45) is 10.7 Å². The van der Waals surface area contributed by atoms with E-state index in [0.29, 0.717) is 42.2 Å². The van der Waals surface area contributed by atoms with Crippen LogP contribution in [-0.4, -0.2) is 60.8 Å². The zero-order valence-electron chi connectivity index (χ0n) is 26.5. The lowest BCUT2D eigenvalue weighted by molar-refractivity contribution is 0.00682. The fourth-order valence-corrected chi connectivity index (χ4v) is 5.30. The van der Waals surface area contributed by atoms with E-state index >= 15 is 0 Å². The van der Waals surface area contributed by atoms with E-state index < -0.39 is 35.0 Å². The fourth-order valence-electron chi connectivity index (χ4n) is 5.30. The van der Waals surface area contributed by atoms with Gasteiger partial charge in [-0.15, -0.1) is 12.4 Å². The van der Waals surface area contributed by atoms with E-state index in [4.69, 9.17) is 20.4 Å². The number of ether oxygens (including phenoxy) is 2. The largest absolute Gasteiger partial charge is 0.483 e. The summed E-state index contributed by atoms with van der Waals surface area (Å²) in [4.78, 5) is 44.8. The molecule has 2 aliphatic rings. The van der Waals surface area contributed by atoms with Crippen LogP contribution in [0.3, 0.4) is 0 Å². The highest BCUT2D eigenvalue weighted by Crippen LogP contribution is 2.35. The number of halogens is 2. The number of aromatic carboxylic acids is 1. The minimum atomic E-state index is -1.39. The van der Waals surface area contributed by atoms with E-state index in [9.17, 15) is 23.9 Å². The Morgan fingerprint density at radius 1 is 1.19 bits per heavy atom. The Balaban J connectivity index is 0.000000290. The van der Waals surface area contributed by atoms with Crippen LogP contribution < -0.4 is 21.3 Å². The lowest BCUT2D eigenvalue weighted by Gasteiger charge is -2.21. The van der Waals surface area contributed by atoms with Gasteiger partial charge in [0.2, 0.25) is 0 Å². The molecule has 3 heterocycles. The fraction of sp³-hybridized carbons (Fsp3) is 0.312. The van der Waals surface area contributed by atoms with E-state index in [1.54, 1.807) is 32.9 Å². The zero-order chi connectivity index (χ0) is 34.0. The molecule has 0 saturated heterocycles. The van der Waals surface area contributed by atoms with Crippen molar-refractivity contribution in [3.63, 3.8) is 0 Å². The number of aliphatic imine (C=N–C) groups is 1. The summed E-state index contributed by atoms with van der Waals surface area (Å²) in [7, 11) is 0. The third kappa shape index (κ3) is 7.54. The van der Waals surface area contributed by atoms with Crippen LogP contribution in [-0.2, 0) is 17.7 Å². The number of hydrogen-bond acceptors (Lipinski definition) is 11. The SMILES string of the molecule is Cc1c(C(=O)OC(C)(C)C)ccc2c1CC[C@@H]2NC(=O)c1cc(C(=O)O)nc2c(F)cnn12.Cl.NCc1ccc2c(c1)N=C(NO)CO2. The van der Waals surface area contributed by atoms with Gasteiger partial charge in [0.1, 0.15) is 29.3 Å². The second-order valence-electron chi connectivity index (χ2n) is 11.9. The molecule has 14 nitrogen and oxygen atoms in total. The normalized spacial score (nSPS) is 14.6. The van der Waals surface area contributed by atoms with Crippen molar-refractivity contribution in [1.82, 2.24) is 25.4 Å². The van der Waals surface area contributed by atoms with Gasteiger partial charge in [0, 0.05) is 12.6 Å². The molecule has 254 valence electrons. The maximum Gasteiger partial charge on any atom is 0.354 e. The number of aromatic nitrogens is 3. The van der Waals surface area contributed by atoms with Crippen molar-refractivity contribution >= 4 is 47.4 Å². The lowest BCUT2D eigenvalue weighted by atomic mass is 9.97. The monoisotopic (exact) mass is 683 g/mol. The Hall–Kier alpha value is -5.12. The third-order valence-corrected chi connectivity index (χ3v) is 7.51. The highest BCUT2D eigenvalue weighted by Gasteiger charge is 2.30. The number of carbonyl (C=O) groups is 3. The Bertz CT molecular complexity index is 1920. The van der Waals surface area contributed by atoms with Gasteiger partial charge in [-0.1, -0.05) is 12.1 Å². The van der Waals surface area contributed by atoms with Crippen LogP contribution in [0.15, 0.2) is 47.6 Å². The van der Waals surface area contributed by atoms with E-state index in [-0.39, 0.29) is 36.4 Å². The molecule has 1 aliphatic carbocycles. The van der Waals surface area contributed by atoms with E-state index in [0.717, 1.165) is 39.0 Å². The van der Waals surface area contributed by atoms with Gasteiger partial charge in [0.25, 0.3) is 5.91 Å². The molecule has 6 rings (SSSR count). The molecule has 1 amide bonds. The molecular formula is C32H35ClFN7O7. The highest BCUT2D eigenvalue weighted by molar-refractivity contribution is 5.96. The maximum atomic E-state index is 14.0. The first-order chi connectivity index (χ1) is 22.3. The number of nitrogens with zero attached hydrogens (tertiary/aromatic N) is 4. The summed E-state index contributed by atoms with van der Waals surface area (Å²) in [5, 5.41) is 24.6. The van der Waals surface area contributed by atoms with Gasteiger partial charge in [-0.25, -0.2) is 28.5 Å². The standard InChI is InChI=1S/C23H23FN4O5.C9H11N3O2.ClH/c1-11-12-7-8-16(14(12)6-5-13(11)22(32)33-23(2,3)4)27-20(29)18-9-17(21(30)31)26-19-15(24)10-25-28(18)19;10-4-6-1-2-8-7(3-6)11-9(12-13)5-14-8;/h5-6,9-10,16H,7-8H2,1-4H3,(H,27,29)(H,30,31);1-3,13H,4-5,10H2,(H,11,12);1H/t16-;;/m0../s1. The zero-order valence-corrected chi connectivity index (χ0v) is 27.4. The minimum absolute atomic E-state index is 0. The molecule has 48 heavy (non-hydrogen) atoms. The number of rotatable bonds is 5. The van der Waals surface area contributed by atoms with Gasteiger partial charge < -0.3 is 25.6 Å². The number of carbonyl (C=O) groups excluding carboxylic acids is 2. The molecule has 0 saturated carbocycles. The molecule has 0 fully saturated rings. The smallest absolute Gasteiger partial charge is 0.354 e. The number of carboxylic acids is 1. The number of nitrogens with two attached hydrogens (primary N) is 1. The number of nitrogens with one attached hydrogen (secondary N) is 2. The van der Waals surface area contributed by atoms with Crippen molar-refractivity contribution in [3.05, 3.63) is 87.6 Å². The minimum Gasteiger partial charge on any atom is -0.483 e. The van der Waals surface area contributed by atoms with E-state index in [2.05, 4.69) is 20.4 Å². The average Bonchev–Trinajstić information content (AvgIpc) is 3.62. The molecule has 0 spiro atoms. The highest BCUT2D eigenvalue weighted by atomic mass is 35.5. The molecular weight excluding hydrogens is 649 g/mol. The maximum absolute atomic E-state index is 14.0. The number of esters is 1. The molecule has 1 aliphatic heterocycles. The summed E-state index contributed by atoms with van der Waals surface area (Å²) < 4.78 is 25.8. The van der Waals surface area contributed by atoms with Gasteiger partial charge in [0.15, 0.2) is 23.0 Å². The Kier molecular flexibility index (Phi) is 10.7. The first-order valence-electron chi connectivity index (χ1n) is 14.7. The van der Waals surface area contributed by atoms with Crippen LogP contribution in [0.4, 0.5) is 10.1 Å². The molecule has 4 aromatic rings. The van der Waals surface area contributed by atoms with Gasteiger partial charge in [-0.3, -0.25) is 15.5 Å². The molecule has 0 radical (unpaired) electrons. The van der Waals surface area contributed by atoms with Crippen molar-refractivity contribution in [1.29, 1.82) is 0 Å². The number of fused-ring (bicyclic) bond motifs is 3. The number of hydrogen-bond donors (Lipinski definition) is 5. The molecule has 6 N–H and O–H groups in total. The molecule has 0 bridgehead atoms. The second kappa shape index (κ2) is 14.3. The number of benzene rings is 2. The number of amidine groups is 1. The molecule has 16 heteroatoms. The first-order valence-corrected chi connectivity index (χ1v) is 14.7. The molecule has 2 aromatic carbocycles. The summed E-state index contributed by atoms with van der Waals surface area (Å²) in [6, 6.07) is 9.73. The van der Waals surface area contributed by atoms with Crippen molar-refractivity contribution in [3.8, 4) is 5.75 Å². The summed E-state index contributed by atoms with van der Waals surface area (Å²) in [5.74, 6) is -2.13. The van der Waals surface area contributed by atoms with E-state index in [1.165, 1.54) is 0 Å². The van der Waals surface area contributed by atoms with Crippen LogP contribution in [0.2, 0.25) is 0 Å². The Labute approximate surface area is 280 Å². The average molecular weight is 684 g/mol. The van der Waals surface area contributed by atoms with Gasteiger partial charge >= 0.3 is 11.9 Å². The van der Waals surface area contributed by atoms with Crippen LogP contribution >= 0.6 is 12.4 Å². The number of amides is 1.